The topological polar surface area (TPSA) is 67.9 Å². The summed E-state index contributed by atoms with van der Waals surface area (Å²) in [5, 5.41) is 12.9. The molecule has 0 N–H and O–H groups in total. The number of carbonyl (C=O) groups excluding carboxylic acids is 1. The number of nitrogens with zero attached hydrogens (tertiary/aromatic N) is 3. The normalized spacial score (nSPS) is 9.65. The molecule has 1 aromatic heterocycles. The lowest BCUT2D eigenvalue weighted by Crippen LogP contribution is -2.11. The lowest BCUT2D eigenvalue weighted by Gasteiger charge is -2.05. The Kier molecular flexibility index (Phi) is 2.88. The summed E-state index contributed by atoms with van der Waals surface area (Å²) in [6.45, 7) is 0. The molecule has 0 amide bonds. The molecule has 0 aliphatic rings. The fourth-order valence-electron chi connectivity index (χ4n) is 1.49. The van der Waals surface area contributed by atoms with Gasteiger partial charge in [-0.05, 0) is 12.1 Å². The first kappa shape index (κ1) is 10.9. The Balaban J connectivity index is 2.60. The second kappa shape index (κ2) is 4.49. The third kappa shape index (κ3) is 1.88. The van der Waals surface area contributed by atoms with Crippen molar-refractivity contribution in [2.75, 3.05) is 7.11 Å². The molecular weight excluding hydrogens is 218 g/mol. The molecule has 0 bridgehead atoms. The van der Waals surface area contributed by atoms with Gasteiger partial charge in [0.2, 0.25) is 0 Å². The van der Waals surface area contributed by atoms with Gasteiger partial charge in [-0.2, -0.15) is 10.4 Å². The van der Waals surface area contributed by atoms with E-state index in [4.69, 9.17) is 5.26 Å². The molecule has 0 fully saturated rings. The van der Waals surface area contributed by atoms with Crippen molar-refractivity contribution in [1.29, 1.82) is 5.26 Å². The van der Waals surface area contributed by atoms with Crippen LogP contribution in [0.4, 0.5) is 0 Å². The molecule has 1 aromatic carbocycles. The van der Waals surface area contributed by atoms with Gasteiger partial charge in [0, 0.05) is 0 Å². The van der Waals surface area contributed by atoms with Gasteiger partial charge >= 0.3 is 5.97 Å². The zero-order valence-corrected chi connectivity index (χ0v) is 9.12. The van der Waals surface area contributed by atoms with Crippen LogP contribution in [0.5, 0.6) is 0 Å². The van der Waals surface area contributed by atoms with E-state index in [0.717, 1.165) is 0 Å². The predicted octanol–water partition coefficient (Wildman–Crippen LogP) is 1.53. The van der Waals surface area contributed by atoms with Crippen LogP contribution >= 0.6 is 0 Å². The fourth-order valence-corrected chi connectivity index (χ4v) is 1.49. The van der Waals surface area contributed by atoms with E-state index in [1.807, 2.05) is 24.3 Å². The number of hydrogen-bond acceptors (Lipinski definition) is 4. The van der Waals surface area contributed by atoms with Gasteiger partial charge in [0.25, 0.3) is 0 Å². The maximum absolute atomic E-state index is 11.6. The van der Waals surface area contributed by atoms with Gasteiger partial charge < -0.3 is 4.74 Å². The Hall–Kier alpha value is -2.61. The first-order valence-corrected chi connectivity index (χ1v) is 4.89. The highest BCUT2D eigenvalue weighted by molar-refractivity contribution is 5.90. The Bertz CT molecular complexity index is 582. The summed E-state index contributed by atoms with van der Waals surface area (Å²) in [7, 11) is 1.27. The number of esters is 1. The Morgan fingerprint density at radius 3 is 2.71 bits per heavy atom. The number of para-hydroxylation sites is 1. The van der Waals surface area contributed by atoms with Gasteiger partial charge in [-0.3, -0.25) is 0 Å². The van der Waals surface area contributed by atoms with Gasteiger partial charge in [-0.1, -0.05) is 18.2 Å². The molecule has 2 rings (SSSR count). The van der Waals surface area contributed by atoms with Crippen LogP contribution < -0.4 is 0 Å². The highest BCUT2D eigenvalue weighted by atomic mass is 16.5. The van der Waals surface area contributed by atoms with Gasteiger partial charge in [0.15, 0.2) is 5.69 Å². The van der Waals surface area contributed by atoms with E-state index in [1.165, 1.54) is 18.0 Å². The van der Waals surface area contributed by atoms with Crippen LogP contribution in [-0.4, -0.2) is 22.9 Å². The average molecular weight is 227 g/mol. The molecule has 84 valence electrons. The molecule has 0 atom stereocenters. The molecule has 0 unspecified atom stereocenters. The quantitative estimate of drug-likeness (QED) is 0.729. The molecule has 0 spiro atoms. The highest BCUT2D eigenvalue weighted by Gasteiger charge is 2.19. The zero-order chi connectivity index (χ0) is 12.3. The average Bonchev–Trinajstić information content (AvgIpc) is 2.82. The number of ether oxygens (including phenoxy) is 1. The number of nitriles is 1. The van der Waals surface area contributed by atoms with Crippen molar-refractivity contribution in [3.63, 3.8) is 0 Å². The van der Waals surface area contributed by atoms with E-state index in [9.17, 15) is 4.79 Å². The van der Waals surface area contributed by atoms with Crippen molar-refractivity contribution in [2.45, 2.75) is 0 Å². The second-order valence-electron chi connectivity index (χ2n) is 3.26. The lowest BCUT2D eigenvalue weighted by atomic mass is 10.2. The van der Waals surface area contributed by atoms with Crippen LogP contribution in [0.25, 0.3) is 5.69 Å². The summed E-state index contributed by atoms with van der Waals surface area (Å²) in [4.78, 5) is 11.6. The molecule has 0 aliphatic carbocycles. The molecule has 0 saturated carbocycles. The summed E-state index contributed by atoms with van der Waals surface area (Å²) in [6, 6.07) is 11.0. The van der Waals surface area contributed by atoms with Crippen molar-refractivity contribution in [3.05, 3.63) is 47.8 Å². The maximum atomic E-state index is 11.6. The van der Waals surface area contributed by atoms with E-state index >= 15 is 0 Å². The minimum atomic E-state index is -0.581. The van der Waals surface area contributed by atoms with E-state index in [2.05, 4.69) is 9.84 Å². The Labute approximate surface area is 97.9 Å². The van der Waals surface area contributed by atoms with Crippen LogP contribution in [0.2, 0.25) is 0 Å². The van der Waals surface area contributed by atoms with Crippen molar-refractivity contribution in [3.8, 4) is 11.8 Å². The van der Waals surface area contributed by atoms with E-state index in [1.54, 1.807) is 12.1 Å². The number of hydrogen-bond donors (Lipinski definition) is 0. The van der Waals surface area contributed by atoms with Gasteiger partial charge in [-0.15, -0.1) is 0 Å². The molecular formula is C12H9N3O2. The van der Waals surface area contributed by atoms with E-state index in [0.29, 0.717) is 5.69 Å². The second-order valence-corrected chi connectivity index (χ2v) is 3.26. The SMILES string of the molecule is COC(=O)c1c(C#N)cnn1-c1ccccc1. The molecule has 2 aromatic rings. The van der Waals surface area contributed by atoms with Crippen molar-refractivity contribution < 1.29 is 9.53 Å². The first-order valence-electron chi connectivity index (χ1n) is 4.89. The third-order valence-corrected chi connectivity index (χ3v) is 2.27. The van der Waals surface area contributed by atoms with Crippen molar-refractivity contribution in [1.82, 2.24) is 9.78 Å². The summed E-state index contributed by atoms with van der Waals surface area (Å²) < 4.78 is 6.04. The number of methoxy groups -OCH3 is 1. The lowest BCUT2D eigenvalue weighted by molar-refractivity contribution is 0.0590. The fraction of sp³-hybridized carbons (Fsp3) is 0.0833. The standard InChI is InChI=1S/C12H9N3O2/c1-17-12(16)11-9(7-13)8-14-15(11)10-5-3-2-4-6-10/h2-6,8H,1H3. The first-order chi connectivity index (χ1) is 8.27. The summed E-state index contributed by atoms with van der Waals surface area (Å²) in [6.07, 6.45) is 1.35. The van der Waals surface area contributed by atoms with Crippen LogP contribution in [0.1, 0.15) is 16.1 Å². The number of benzene rings is 1. The van der Waals surface area contributed by atoms with Crippen molar-refractivity contribution in [2.24, 2.45) is 0 Å². The minimum absolute atomic E-state index is 0.140. The monoisotopic (exact) mass is 227 g/mol. The van der Waals surface area contributed by atoms with Crippen LogP contribution in [0.3, 0.4) is 0 Å². The summed E-state index contributed by atoms with van der Waals surface area (Å²) >= 11 is 0. The number of carbonyl (C=O) groups is 1. The highest BCUT2D eigenvalue weighted by Crippen LogP contribution is 2.14. The van der Waals surface area contributed by atoms with Gasteiger partial charge in [0.1, 0.15) is 11.6 Å². The largest absolute Gasteiger partial charge is 0.464 e. The summed E-state index contributed by atoms with van der Waals surface area (Å²) in [5.41, 5.74) is 1.04. The number of aromatic nitrogens is 2. The van der Waals surface area contributed by atoms with E-state index < -0.39 is 5.97 Å². The molecule has 17 heavy (non-hydrogen) atoms. The summed E-state index contributed by atoms with van der Waals surface area (Å²) in [5.74, 6) is -0.581. The van der Waals surface area contributed by atoms with Crippen molar-refractivity contribution >= 4 is 5.97 Å². The molecule has 5 nitrogen and oxygen atoms in total. The van der Waals surface area contributed by atoms with Crippen LogP contribution in [-0.2, 0) is 4.74 Å². The van der Waals surface area contributed by atoms with E-state index in [-0.39, 0.29) is 11.3 Å². The smallest absolute Gasteiger partial charge is 0.358 e. The van der Waals surface area contributed by atoms with Crippen LogP contribution in [0, 0.1) is 11.3 Å². The minimum Gasteiger partial charge on any atom is -0.464 e. The van der Waals surface area contributed by atoms with Gasteiger partial charge in [0.05, 0.1) is 19.0 Å². The molecule has 0 saturated heterocycles. The maximum Gasteiger partial charge on any atom is 0.358 e. The Morgan fingerprint density at radius 1 is 1.41 bits per heavy atom. The Morgan fingerprint density at radius 2 is 2.12 bits per heavy atom. The number of rotatable bonds is 2. The van der Waals surface area contributed by atoms with Crippen LogP contribution in [0.15, 0.2) is 36.5 Å². The molecule has 0 aliphatic heterocycles. The predicted molar refractivity (Wildman–Crippen MR) is 59.6 cm³/mol. The third-order valence-electron chi connectivity index (χ3n) is 2.27. The zero-order valence-electron chi connectivity index (χ0n) is 9.12. The van der Waals surface area contributed by atoms with Gasteiger partial charge in [-0.25, -0.2) is 9.48 Å². The molecule has 5 heteroatoms. The molecule has 0 radical (unpaired) electrons. The molecule has 1 heterocycles.